The Hall–Kier alpha value is -2.93. The van der Waals surface area contributed by atoms with Crippen molar-refractivity contribution < 1.29 is 24.2 Å². The van der Waals surface area contributed by atoms with E-state index in [0.717, 1.165) is 18.4 Å². The van der Waals surface area contributed by atoms with Crippen LogP contribution in [0, 0.1) is 11.8 Å². The van der Waals surface area contributed by atoms with Crippen LogP contribution in [0.3, 0.4) is 0 Å². The molecule has 188 valence electrons. The number of esters is 1. The molecular weight excluding hydrogens is 432 g/mol. The summed E-state index contributed by atoms with van der Waals surface area (Å²) in [6.07, 6.45) is 6.21. The highest BCUT2D eigenvalue weighted by atomic mass is 16.5. The largest absolute Gasteiger partial charge is 0.461 e. The molecule has 0 aliphatic heterocycles. The second-order valence-corrected chi connectivity index (χ2v) is 8.68. The summed E-state index contributed by atoms with van der Waals surface area (Å²) in [6, 6.07) is 9.45. The van der Waals surface area contributed by atoms with Crippen LogP contribution in [0.25, 0.3) is 0 Å². The molecule has 0 saturated carbocycles. The quantitative estimate of drug-likeness (QED) is 0.183. The molecule has 0 radical (unpaired) electrons. The molecule has 1 aromatic carbocycles. The number of carbonyl (C=O) groups is 3. The predicted molar refractivity (Wildman–Crippen MR) is 134 cm³/mol. The molecule has 2 amide bonds. The molecule has 7 nitrogen and oxygen atoms in total. The molecule has 0 aromatic heterocycles. The number of nitrogens with one attached hydrogen (secondary N) is 2. The molecule has 7 heteroatoms. The normalized spacial score (nSPS) is 14.2. The molecule has 1 aromatic rings. The van der Waals surface area contributed by atoms with Crippen molar-refractivity contribution in [3.63, 3.8) is 0 Å². The zero-order chi connectivity index (χ0) is 25.3. The molecule has 0 saturated heterocycles. The number of unbranched alkanes of at least 4 members (excludes halogenated alkanes) is 1. The van der Waals surface area contributed by atoms with Gasteiger partial charge < -0.3 is 20.5 Å². The fourth-order valence-corrected chi connectivity index (χ4v) is 3.52. The van der Waals surface area contributed by atoms with Crippen molar-refractivity contribution in [2.24, 2.45) is 11.8 Å². The first kappa shape index (κ1) is 29.1. The van der Waals surface area contributed by atoms with Gasteiger partial charge in [0.2, 0.25) is 11.8 Å². The van der Waals surface area contributed by atoms with Gasteiger partial charge in [-0.3, -0.25) is 14.4 Å². The van der Waals surface area contributed by atoms with E-state index in [2.05, 4.69) is 23.8 Å². The number of amides is 2. The minimum atomic E-state index is -0.587. The Morgan fingerprint density at radius 2 is 1.79 bits per heavy atom. The van der Waals surface area contributed by atoms with Gasteiger partial charge in [0.05, 0.1) is 25.0 Å². The number of ether oxygens (including phenoxy) is 1. The molecule has 0 fully saturated rings. The summed E-state index contributed by atoms with van der Waals surface area (Å²) in [7, 11) is 0. The Kier molecular flexibility index (Phi) is 14.2. The number of carbonyl (C=O) groups excluding carboxylic acids is 3. The maximum atomic E-state index is 12.9. The number of hydrogen-bond acceptors (Lipinski definition) is 5. The van der Waals surface area contributed by atoms with Gasteiger partial charge in [0.15, 0.2) is 0 Å². The molecule has 0 heterocycles. The van der Waals surface area contributed by atoms with E-state index in [0.29, 0.717) is 19.3 Å². The third-order valence-electron chi connectivity index (χ3n) is 5.44. The number of benzene rings is 1. The van der Waals surface area contributed by atoms with Crippen LogP contribution in [0.5, 0.6) is 0 Å². The molecule has 0 unspecified atom stereocenters. The van der Waals surface area contributed by atoms with Crippen LogP contribution in [0.15, 0.2) is 55.6 Å². The first-order chi connectivity index (χ1) is 16.3. The van der Waals surface area contributed by atoms with Gasteiger partial charge in [-0.1, -0.05) is 42.5 Å². The van der Waals surface area contributed by atoms with E-state index in [1.54, 1.807) is 19.9 Å². The SMILES string of the molecule is C=CCCC[C@H](Cc1ccccc1)C(=O)O[C@@H](C)CNC(=O)[C@@H](CC=C)CC(=O)N[C@@H](C)CO. The monoisotopic (exact) mass is 472 g/mol. The summed E-state index contributed by atoms with van der Waals surface area (Å²) in [5.74, 6) is -1.76. The van der Waals surface area contributed by atoms with E-state index in [1.165, 1.54) is 0 Å². The lowest BCUT2D eigenvalue weighted by atomic mass is 9.94. The highest BCUT2D eigenvalue weighted by Gasteiger charge is 2.24. The molecule has 0 bridgehead atoms. The Morgan fingerprint density at radius 1 is 1.09 bits per heavy atom. The van der Waals surface area contributed by atoms with Crippen molar-refractivity contribution in [1.82, 2.24) is 10.6 Å². The number of aliphatic hydroxyl groups excluding tert-OH is 1. The minimum absolute atomic E-state index is 0.0151. The Labute approximate surface area is 203 Å². The molecular formula is C27H40N2O5. The lowest BCUT2D eigenvalue weighted by Crippen LogP contribution is -2.41. The third kappa shape index (κ3) is 11.8. The second-order valence-electron chi connectivity index (χ2n) is 8.68. The Balaban J connectivity index is 2.62. The topological polar surface area (TPSA) is 105 Å². The van der Waals surface area contributed by atoms with Gasteiger partial charge in [0.25, 0.3) is 0 Å². The van der Waals surface area contributed by atoms with Crippen LogP contribution in [-0.4, -0.2) is 48.2 Å². The van der Waals surface area contributed by atoms with Gasteiger partial charge in [0.1, 0.15) is 6.10 Å². The van der Waals surface area contributed by atoms with Crippen LogP contribution >= 0.6 is 0 Å². The van der Waals surface area contributed by atoms with E-state index in [1.807, 2.05) is 36.4 Å². The van der Waals surface area contributed by atoms with Crippen molar-refractivity contribution in [2.45, 2.75) is 64.5 Å². The summed E-state index contributed by atoms with van der Waals surface area (Å²) in [5, 5.41) is 14.5. The molecule has 0 spiro atoms. The lowest BCUT2D eigenvalue weighted by Gasteiger charge is -2.21. The number of aliphatic hydroxyl groups is 1. The van der Waals surface area contributed by atoms with Crippen LogP contribution in [0.4, 0.5) is 0 Å². The predicted octanol–water partition coefficient (Wildman–Crippen LogP) is 3.33. The number of allylic oxidation sites excluding steroid dienone is 2. The van der Waals surface area contributed by atoms with E-state index >= 15 is 0 Å². The zero-order valence-corrected chi connectivity index (χ0v) is 20.5. The van der Waals surface area contributed by atoms with Crippen LogP contribution in [0.1, 0.15) is 51.5 Å². The molecule has 1 rings (SSSR count). The summed E-state index contributed by atoms with van der Waals surface area (Å²) < 4.78 is 5.65. The second kappa shape index (κ2) is 16.6. The summed E-state index contributed by atoms with van der Waals surface area (Å²) in [6.45, 7) is 10.8. The molecule has 0 aliphatic carbocycles. The van der Waals surface area contributed by atoms with E-state index in [4.69, 9.17) is 9.84 Å². The standard InChI is InChI=1S/C27H40N2O5/c1-5-7-9-15-24(16-22-13-10-8-11-14-22)27(33)34-21(4)18-28-26(32)23(12-6-2)17-25(31)29-20(3)19-30/h5-6,8,10-11,13-14,20-21,23-24,30H,1-2,7,9,12,15-19H2,3-4H3,(H,28,32)(H,29,31)/t20-,21-,23-,24+/m0/s1. The fraction of sp³-hybridized carbons (Fsp3) is 0.519. The average Bonchev–Trinajstić information content (AvgIpc) is 2.82. The Morgan fingerprint density at radius 3 is 2.41 bits per heavy atom. The van der Waals surface area contributed by atoms with Crippen LogP contribution < -0.4 is 10.6 Å². The Bertz CT molecular complexity index is 780. The van der Waals surface area contributed by atoms with Gasteiger partial charge in [-0.2, -0.15) is 0 Å². The van der Waals surface area contributed by atoms with Crippen LogP contribution in [0.2, 0.25) is 0 Å². The van der Waals surface area contributed by atoms with E-state index in [-0.39, 0.29) is 49.3 Å². The van der Waals surface area contributed by atoms with Gasteiger partial charge in [0, 0.05) is 12.5 Å². The summed E-state index contributed by atoms with van der Waals surface area (Å²) in [5.41, 5.74) is 1.07. The van der Waals surface area contributed by atoms with Crippen molar-refractivity contribution in [1.29, 1.82) is 0 Å². The first-order valence-electron chi connectivity index (χ1n) is 11.9. The van der Waals surface area contributed by atoms with Gasteiger partial charge in [-0.25, -0.2) is 0 Å². The molecule has 0 aliphatic rings. The molecule has 3 N–H and O–H groups in total. The minimum Gasteiger partial charge on any atom is -0.461 e. The van der Waals surface area contributed by atoms with Crippen LogP contribution in [-0.2, 0) is 25.5 Å². The van der Waals surface area contributed by atoms with Crippen molar-refractivity contribution in [2.75, 3.05) is 13.2 Å². The third-order valence-corrected chi connectivity index (χ3v) is 5.44. The average molecular weight is 473 g/mol. The van der Waals surface area contributed by atoms with Crippen molar-refractivity contribution in [3.8, 4) is 0 Å². The number of hydrogen-bond donors (Lipinski definition) is 3. The maximum absolute atomic E-state index is 12.9. The lowest BCUT2D eigenvalue weighted by molar-refractivity contribution is -0.153. The number of rotatable bonds is 17. The van der Waals surface area contributed by atoms with Crippen molar-refractivity contribution >= 4 is 17.8 Å². The van der Waals surface area contributed by atoms with Gasteiger partial charge in [-0.05, 0) is 51.5 Å². The van der Waals surface area contributed by atoms with E-state index < -0.39 is 12.0 Å². The molecule has 34 heavy (non-hydrogen) atoms. The first-order valence-corrected chi connectivity index (χ1v) is 11.9. The highest BCUT2D eigenvalue weighted by Crippen LogP contribution is 2.18. The zero-order valence-electron chi connectivity index (χ0n) is 20.5. The van der Waals surface area contributed by atoms with Gasteiger partial charge in [-0.15, -0.1) is 13.2 Å². The maximum Gasteiger partial charge on any atom is 0.309 e. The fourth-order valence-electron chi connectivity index (χ4n) is 3.52. The highest BCUT2D eigenvalue weighted by molar-refractivity contribution is 5.86. The summed E-state index contributed by atoms with van der Waals surface area (Å²) >= 11 is 0. The smallest absolute Gasteiger partial charge is 0.309 e. The summed E-state index contributed by atoms with van der Waals surface area (Å²) in [4.78, 5) is 37.6. The van der Waals surface area contributed by atoms with Crippen molar-refractivity contribution in [3.05, 3.63) is 61.2 Å². The molecule has 4 atom stereocenters. The van der Waals surface area contributed by atoms with E-state index in [9.17, 15) is 14.4 Å². The van der Waals surface area contributed by atoms with Gasteiger partial charge >= 0.3 is 5.97 Å².